The highest BCUT2D eigenvalue weighted by atomic mass is 16.5. The quantitative estimate of drug-likeness (QED) is 0.783. The standard InChI is InChI=1S/C21H36N2O4/c1-13(20(26)23-9-11-27-12-10-23)16-5-7-21(4)8-6-17(22-15(3)24)14(2)18(21)19(16)25/h13-14,16-19,25H,5-12H2,1-4H3,(H,22,24)/t13-,14+,16?,17-,18+,19-,21-/m0/s1. The molecule has 2 saturated carbocycles. The summed E-state index contributed by atoms with van der Waals surface area (Å²) < 4.78 is 5.36. The molecule has 3 aliphatic rings. The summed E-state index contributed by atoms with van der Waals surface area (Å²) in [4.78, 5) is 26.4. The van der Waals surface area contributed by atoms with E-state index in [1.165, 1.54) is 0 Å². The van der Waals surface area contributed by atoms with Crippen molar-refractivity contribution in [3.05, 3.63) is 0 Å². The highest BCUT2D eigenvalue weighted by Gasteiger charge is 2.54. The maximum absolute atomic E-state index is 13.0. The molecule has 0 spiro atoms. The Kier molecular flexibility index (Phi) is 6.16. The summed E-state index contributed by atoms with van der Waals surface area (Å²) >= 11 is 0. The average molecular weight is 381 g/mol. The molecule has 27 heavy (non-hydrogen) atoms. The lowest BCUT2D eigenvalue weighted by Crippen LogP contribution is -2.58. The van der Waals surface area contributed by atoms with Crippen LogP contribution in [0.1, 0.15) is 53.4 Å². The lowest BCUT2D eigenvalue weighted by atomic mass is 9.51. The third-order valence-electron chi connectivity index (χ3n) is 7.63. The van der Waals surface area contributed by atoms with Crippen LogP contribution in [0.3, 0.4) is 0 Å². The van der Waals surface area contributed by atoms with Gasteiger partial charge in [0.25, 0.3) is 0 Å². The largest absolute Gasteiger partial charge is 0.392 e. The summed E-state index contributed by atoms with van der Waals surface area (Å²) in [5.74, 6) is 0.256. The monoisotopic (exact) mass is 380 g/mol. The number of carbonyl (C=O) groups excluding carboxylic acids is 2. The first-order chi connectivity index (χ1) is 12.7. The molecule has 0 aromatic heterocycles. The molecule has 1 aliphatic heterocycles. The highest BCUT2D eigenvalue weighted by molar-refractivity contribution is 5.79. The number of hydrogen-bond donors (Lipinski definition) is 2. The van der Waals surface area contributed by atoms with Gasteiger partial charge in [-0.05, 0) is 48.9 Å². The fourth-order valence-electron chi connectivity index (χ4n) is 6.01. The zero-order chi connectivity index (χ0) is 19.8. The van der Waals surface area contributed by atoms with Crippen LogP contribution in [0.25, 0.3) is 0 Å². The van der Waals surface area contributed by atoms with Gasteiger partial charge in [0.2, 0.25) is 11.8 Å². The summed E-state index contributed by atoms with van der Waals surface area (Å²) in [6.45, 7) is 10.5. The van der Waals surface area contributed by atoms with Gasteiger partial charge in [0.05, 0.1) is 19.3 Å². The van der Waals surface area contributed by atoms with Crippen LogP contribution >= 0.6 is 0 Å². The molecule has 6 heteroatoms. The SMILES string of the molecule is CC(=O)N[C@H]1CC[C@]2(C)CCC([C@H](C)C(=O)N3CCOCC3)[C@H](O)[C@H]2[C@@H]1C. The minimum Gasteiger partial charge on any atom is -0.392 e. The van der Waals surface area contributed by atoms with Gasteiger partial charge in [-0.3, -0.25) is 9.59 Å². The number of hydrogen-bond acceptors (Lipinski definition) is 4. The number of aliphatic hydroxyl groups is 1. The zero-order valence-corrected chi connectivity index (χ0v) is 17.2. The van der Waals surface area contributed by atoms with Crippen molar-refractivity contribution >= 4 is 11.8 Å². The second-order valence-corrected chi connectivity index (χ2v) is 9.30. The maximum atomic E-state index is 13.0. The molecule has 0 aromatic carbocycles. The molecule has 2 aliphatic carbocycles. The minimum atomic E-state index is -0.504. The van der Waals surface area contributed by atoms with E-state index in [0.29, 0.717) is 26.3 Å². The molecular formula is C21H36N2O4. The Morgan fingerprint density at radius 2 is 1.85 bits per heavy atom. The van der Waals surface area contributed by atoms with Crippen molar-refractivity contribution in [1.29, 1.82) is 0 Å². The van der Waals surface area contributed by atoms with Gasteiger partial charge in [0.1, 0.15) is 0 Å². The Morgan fingerprint density at radius 1 is 1.22 bits per heavy atom. The predicted octanol–water partition coefficient (Wildman–Crippen LogP) is 1.81. The van der Waals surface area contributed by atoms with E-state index in [1.807, 2.05) is 11.8 Å². The molecule has 0 bridgehead atoms. The summed E-state index contributed by atoms with van der Waals surface area (Å²) in [5.41, 5.74) is 0.0893. The van der Waals surface area contributed by atoms with E-state index in [4.69, 9.17) is 4.74 Å². The molecule has 1 heterocycles. The molecule has 3 fully saturated rings. The fourth-order valence-corrected chi connectivity index (χ4v) is 6.01. The van der Waals surface area contributed by atoms with Gasteiger partial charge in [-0.25, -0.2) is 0 Å². The van der Waals surface area contributed by atoms with Crippen LogP contribution in [-0.4, -0.2) is 60.3 Å². The van der Waals surface area contributed by atoms with Crippen molar-refractivity contribution in [3.8, 4) is 0 Å². The van der Waals surface area contributed by atoms with Gasteiger partial charge in [0.15, 0.2) is 0 Å². The number of nitrogens with zero attached hydrogens (tertiary/aromatic N) is 1. The third-order valence-corrected chi connectivity index (χ3v) is 7.63. The first-order valence-electron chi connectivity index (χ1n) is 10.6. The zero-order valence-electron chi connectivity index (χ0n) is 17.2. The van der Waals surface area contributed by atoms with Gasteiger partial charge in [-0.15, -0.1) is 0 Å². The normalized spacial score (nSPS) is 40.8. The Labute approximate surface area is 163 Å². The highest BCUT2D eigenvalue weighted by Crippen LogP contribution is 2.55. The summed E-state index contributed by atoms with van der Waals surface area (Å²) in [7, 11) is 0. The topological polar surface area (TPSA) is 78.9 Å². The fraction of sp³-hybridized carbons (Fsp3) is 0.905. The number of carbonyl (C=O) groups is 2. The molecule has 7 atom stereocenters. The number of ether oxygens (including phenoxy) is 1. The minimum absolute atomic E-state index is 0.00633. The second-order valence-electron chi connectivity index (χ2n) is 9.30. The van der Waals surface area contributed by atoms with Crippen molar-refractivity contribution in [2.75, 3.05) is 26.3 Å². The van der Waals surface area contributed by atoms with Crippen molar-refractivity contribution in [1.82, 2.24) is 10.2 Å². The molecule has 0 aromatic rings. The lowest BCUT2D eigenvalue weighted by molar-refractivity contribution is -0.153. The van der Waals surface area contributed by atoms with Crippen LogP contribution in [0.2, 0.25) is 0 Å². The molecule has 154 valence electrons. The van der Waals surface area contributed by atoms with Crippen LogP contribution in [0.5, 0.6) is 0 Å². The number of rotatable bonds is 3. The van der Waals surface area contributed by atoms with E-state index in [1.54, 1.807) is 6.92 Å². The molecule has 2 N–H and O–H groups in total. The molecule has 6 nitrogen and oxygen atoms in total. The number of fused-ring (bicyclic) bond motifs is 1. The van der Waals surface area contributed by atoms with Gasteiger partial charge < -0.3 is 20.1 Å². The van der Waals surface area contributed by atoms with Crippen molar-refractivity contribution in [2.24, 2.45) is 29.1 Å². The van der Waals surface area contributed by atoms with E-state index in [-0.39, 0.29) is 46.9 Å². The first kappa shape index (κ1) is 20.6. The Balaban J connectivity index is 1.74. The Hall–Kier alpha value is -1.14. The van der Waals surface area contributed by atoms with Crippen molar-refractivity contribution in [2.45, 2.75) is 65.5 Å². The van der Waals surface area contributed by atoms with Crippen molar-refractivity contribution in [3.63, 3.8) is 0 Å². The van der Waals surface area contributed by atoms with E-state index in [9.17, 15) is 14.7 Å². The number of nitrogens with one attached hydrogen (secondary N) is 1. The second kappa shape index (κ2) is 8.08. The average Bonchev–Trinajstić information content (AvgIpc) is 2.64. The Morgan fingerprint density at radius 3 is 2.48 bits per heavy atom. The van der Waals surface area contributed by atoms with Crippen LogP contribution < -0.4 is 5.32 Å². The van der Waals surface area contributed by atoms with Crippen LogP contribution in [0, 0.1) is 29.1 Å². The third kappa shape index (κ3) is 4.02. The summed E-state index contributed by atoms with van der Waals surface area (Å²) in [6, 6.07) is 0.110. The maximum Gasteiger partial charge on any atom is 0.225 e. The van der Waals surface area contributed by atoms with Gasteiger partial charge >= 0.3 is 0 Å². The van der Waals surface area contributed by atoms with E-state index in [2.05, 4.69) is 19.2 Å². The smallest absolute Gasteiger partial charge is 0.225 e. The molecular weight excluding hydrogens is 344 g/mol. The van der Waals surface area contributed by atoms with E-state index in [0.717, 1.165) is 25.7 Å². The number of morpholine rings is 1. The molecule has 1 saturated heterocycles. The Bertz CT molecular complexity index is 562. The van der Waals surface area contributed by atoms with Crippen LogP contribution in [0.4, 0.5) is 0 Å². The summed E-state index contributed by atoms with van der Waals surface area (Å²) in [5, 5.41) is 14.4. The number of aliphatic hydroxyl groups excluding tert-OH is 1. The van der Waals surface area contributed by atoms with E-state index < -0.39 is 6.10 Å². The predicted molar refractivity (Wildman–Crippen MR) is 103 cm³/mol. The van der Waals surface area contributed by atoms with Crippen LogP contribution in [0.15, 0.2) is 0 Å². The number of amides is 2. The van der Waals surface area contributed by atoms with Crippen molar-refractivity contribution < 1.29 is 19.4 Å². The van der Waals surface area contributed by atoms with Gasteiger partial charge in [0, 0.05) is 32.0 Å². The van der Waals surface area contributed by atoms with Crippen LogP contribution in [-0.2, 0) is 14.3 Å². The van der Waals surface area contributed by atoms with Gasteiger partial charge in [-0.1, -0.05) is 20.8 Å². The molecule has 3 rings (SSSR count). The molecule has 0 radical (unpaired) electrons. The lowest BCUT2D eigenvalue weighted by Gasteiger charge is -2.56. The van der Waals surface area contributed by atoms with Gasteiger partial charge in [-0.2, -0.15) is 0 Å². The first-order valence-corrected chi connectivity index (χ1v) is 10.6. The molecule has 2 amide bonds. The summed E-state index contributed by atoms with van der Waals surface area (Å²) in [6.07, 6.45) is 3.41. The molecule has 1 unspecified atom stereocenters. The van der Waals surface area contributed by atoms with E-state index >= 15 is 0 Å².